The molecule has 0 amide bonds. The lowest BCUT2D eigenvalue weighted by molar-refractivity contribution is 0.306. The first-order valence-electron chi connectivity index (χ1n) is 6.84. The Morgan fingerprint density at radius 2 is 1.76 bits per heavy atom. The van der Waals surface area contributed by atoms with Gasteiger partial charge in [0.15, 0.2) is 0 Å². The van der Waals surface area contributed by atoms with Crippen molar-refractivity contribution in [1.82, 2.24) is 0 Å². The molecule has 0 atom stereocenters. The molecule has 0 fully saturated rings. The van der Waals surface area contributed by atoms with Crippen molar-refractivity contribution in [2.75, 3.05) is 0 Å². The monoisotopic (exact) mass is 288 g/mol. The molecule has 0 aliphatic carbocycles. The Balaban J connectivity index is 2.09. The van der Waals surface area contributed by atoms with E-state index in [0.717, 1.165) is 11.6 Å². The molecule has 0 saturated carbocycles. The zero-order valence-electron chi connectivity index (χ0n) is 12.1. The van der Waals surface area contributed by atoms with Gasteiger partial charge < -0.3 is 14.8 Å². The molecule has 5 heteroatoms. The third-order valence-corrected chi connectivity index (χ3v) is 3.29. The van der Waals surface area contributed by atoms with Crippen molar-refractivity contribution in [2.24, 2.45) is 0 Å². The van der Waals surface area contributed by atoms with E-state index < -0.39 is 12.9 Å². The fraction of sp³-hybridized carbons (Fsp3) is 0.250. The highest BCUT2D eigenvalue weighted by molar-refractivity contribution is 6.59. The molecule has 0 unspecified atom stereocenters. The number of rotatable bonds is 5. The molecule has 0 radical (unpaired) electrons. The SMILES string of the molecule is CC(C)c1ccc(COc2ccc(F)cc2B(O)O)cc1. The lowest BCUT2D eigenvalue weighted by Crippen LogP contribution is -2.31. The lowest BCUT2D eigenvalue weighted by Gasteiger charge is -2.12. The van der Waals surface area contributed by atoms with Crippen LogP contribution in [0.4, 0.5) is 4.39 Å². The molecule has 110 valence electrons. The molecule has 2 rings (SSSR count). The van der Waals surface area contributed by atoms with Crippen LogP contribution in [0.3, 0.4) is 0 Å². The number of hydrogen-bond acceptors (Lipinski definition) is 3. The van der Waals surface area contributed by atoms with Gasteiger partial charge >= 0.3 is 7.12 Å². The summed E-state index contributed by atoms with van der Waals surface area (Å²) in [5.74, 6) is 0.194. The molecule has 0 spiro atoms. The van der Waals surface area contributed by atoms with Gasteiger partial charge in [-0.1, -0.05) is 38.1 Å². The van der Waals surface area contributed by atoms with E-state index in [1.54, 1.807) is 0 Å². The summed E-state index contributed by atoms with van der Waals surface area (Å²) in [5.41, 5.74) is 2.22. The molecule has 3 nitrogen and oxygen atoms in total. The summed E-state index contributed by atoms with van der Waals surface area (Å²) in [7, 11) is -1.76. The second-order valence-corrected chi connectivity index (χ2v) is 5.24. The molecular formula is C16H18BFO3. The minimum absolute atomic E-state index is 0.0220. The third-order valence-electron chi connectivity index (χ3n) is 3.29. The fourth-order valence-corrected chi connectivity index (χ4v) is 2.01. The van der Waals surface area contributed by atoms with Crippen LogP contribution < -0.4 is 10.2 Å². The van der Waals surface area contributed by atoms with Crippen LogP contribution in [0.5, 0.6) is 5.75 Å². The number of ether oxygens (including phenoxy) is 1. The maximum Gasteiger partial charge on any atom is 0.492 e. The van der Waals surface area contributed by atoms with Crippen LogP contribution >= 0.6 is 0 Å². The Bertz CT molecular complexity index is 597. The number of benzene rings is 2. The van der Waals surface area contributed by atoms with Crippen molar-refractivity contribution in [3.63, 3.8) is 0 Å². The van der Waals surface area contributed by atoms with Gasteiger partial charge in [0.25, 0.3) is 0 Å². The lowest BCUT2D eigenvalue weighted by atomic mass is 9.79. The second-order valence-electron chi connectivity index (χ2n) is 5.24. The Labute approximate surface area is 124 Å². The summed E-state index contributed by atoms with van der Waals surface area (Å²) in [4.78, 5) is 0. The van der Waals surface area contributed by atoms with E-state index in [1.165, 1.54) is 17.7 Å². The Kier molecular flexibility index (Phi) is 4.99. The van der Waals surface area contributed by atoms with Crippen molar-refractivity contribution >= 4 is 12.6 Å². The van der Waals surface area contributed by atoms with Crippen LogP contribution in [0.25, 0.3) is 0 Å². The van der Waals surface area contributed by atoms with Gasteiger partial charge in [0.05, 0.1) is 0 Å². The summed E-state index contributed by atoms with van der Waals surface area (Å²) in [6.45, 7) is 4.53. The molecule has 2 aromatic carbocycles. The van der Waals surface area contributed by atoms with E-state index in [1.807, 2.05) is 24.3 Å². The Morgan fingerprint density at radius 3 is 2.33 bits per heavy atom. The molecule has 0 aliphatic heterocycles. The van der Waals surface area contributed by atoms with Crippen LogP contribution in [0.1, 0.15) is 30.9 Å². The molecule has 2 N–H and O–H groups in total. The first-order chi connectivity index (χ1) is 9.97. The zero-order valence-corrected chi connectivity index (χ0v) is 12.1. The van der Waals surface area contributed by atoms with Crippen molar-refractivity contribution in [2.45, 2.75) is 26.4 Å². The highest BCUT2D eigenvalue weighted by Crippen LogP contribution is 2.16. The van der Waals surface area contributed by atoms with Gasteiger partial charge in [0, 0.05) is 5.46 Å². The van der Waals surface area contributed by atoms with E-state index >= 15 is 0 Å². The van der Waals surface area contributed by atoms with Gasteiger partial charge in [-0.3, -0.25) is 0 Å². The highest BCUT2D eigenvalue weighted by atomic mass is 19.1. The molecule has 0 aliphatic rings. The predicted molar refractivity (Wildman–Crippen MR) is 81.1 cm³/mol. The average Bonchev–Trinajstić information content (AvgIpc) is 2.46. The van der Waals surface area contributed by atoms with Crippen molar-refractivity contribution in [3.05, 3.63) is 59.4 Å². The predicted octanol–water partition coefficient (Wildman–Crippen LogP) is 2.21. The Hall–Kier alpha value is -1.85. The number of hydrogen-bond donors (Lipinski definition) is 2. The van der Waals surface area contributed by atoms with Crippen LogP contribution in [-0.2, 0) is 6.61 Å². The largest absolute Gasteiger partial charge is 0.492 e. The van der Waals surface area contributed by atoms with Gasteiger partial charge in [-0.05, 0) is 35.2 Å². The maximum absolute atomic E-state index is 13.1. The quantitative estimate of drug-likeness (QED) is 0.829. The fourth-order valence-electron chi connectivity index (χ4n) is 2.01. The summed E-state index contributed by atoms with van der Waals surface area (Å²) in [6.07, 6.45) is 0. The molecule has 21 heavy (non-hydrogen) atoms. The molecule has 0 bridgehead atoms. The molecule has 0 aromatic heterocycles. The second kappa shape index (κ2) is 6.74. The standard InChI is InChI=1S/C16H18BFO3/c1-11(2)13-5-3-12(4-6-13)10-21-16-8-7-14(18)9-15(16)17(19)20/h3-9,11,19-20H,10H2,1-2H3. The Morgan fingerprint density at radius 1 is 1.10 bits per heavy atom. The summed E-state index contributed by atoms with van der Waals surface area (Å²) >= 11 is 0. The van der Waals surface area contributed by atoms with Crippen molar-refractivity contribution in [1.29, 1.82) is 0 Å². The minimum Gasteiger partial charge on any atom is -0.489 e. The summed E-state index contributed by atoms with van der Waals surface area (Å²) in [5, 5.41) is 18.5. The zero-order chi connectivity index (χ0) is 15.4. The van der Waals surface area contributed by atoms with Crippen molar-refractivity contribution in [3.8, 4) is 5.75 Å². The highest BCUT2D eigenvalue weighted by Gasteiger charge is 2.18. The van der Waals surface area contributed by atoms with Gasteiger partial charge in [-0.2, -0.15) is 0 Å². The maximum atomic E-state index is 13.1. The average molecular weight is 288 g/mol. The smallest absolute Gasteiger partial charge is 0.489 e. The topological polar surface area (TPSA) is 49.7 Å². The molecule has 0 saturated heterocycles. The van der Waals surface area contributed by atoms with Crippen LogP contribution in [-0.4, -0.2) is 17.2 Å². The van der Waals surface area contributed by atoms with Crippen LogP contribution in [0.2, 0.25) is 0 Å². The minimum atomic E-state index is -1.76. The molecular weight excluding hydrogens is 270 g/mol. The van der Waals surface area contributed by atoms with Crippen LogP contribution in [0.15, 0.2) is 42.5 Å². The van der Waals surface area contributed by atoms with E-state index in [9.17, 15) is 14.4 Å². The third kappa shape index (κ3) is 4.06. The van der Waals surface area contributed by atoms with Gasteiger partial charge in [0.1, 0.15) is 18.2 Å². The summed E-state index contributed by atoms with van der Waals surface area (Å²) < 4.78 is 18.7. The van der Waals surface area contributed by atoms with Crippen molar-refractivity contribution < 1.29 is 19.2 Å². The molecule has 0 heterocycles. The van der Waals surface area contributed by atoms with Crippen LogP contribution in [0, 0.1) is 5.82 Å². The van der Waals surface area contributed by atoms with Gasteiger partial charge in [0.2, 0.25) is 0 Å². The van der Waals surface area contributed by atoms with E-state index in [2.05, 4.69) is 13.8 Å². The first-order valence-corrected chi connectivity index (χ1v) is 6.84. The van der Waals surface area contributed by atoms with E-state index in [0.29, 0.717) is 5.92 Å². The first kappa shape index (κ1) is 15.5. The van der Waals surface area contributed by atoms with E-state index in [-0.39, 0.29) is 17.8 Å². The van der Waals surface area contributed by atoms with E-state index in [4.69, 9.17) is 4.74 Å². The van der Waals surface area contributed by atoms with Gasteiger partial charge in [-0.15, -0.1) is 0 Å². The summed E-state index contributed by atoms with van der Waals surface area (Å²) in [6, 6.07) is 11.7. The van der Waals surface area contributed by atoms with Gasteiger partial charge in [-0.25, -0.2) is 4.39 Å². The normalized spacial score (nSPS) is 10.8. The number of halogens is 1. The molecule has 2 aromatic rings.